The van der Waals surface area contributed by atoms with Gasteiger partial charge in [-0.3, -0.25) is 14.2 Å². The molecular weight excluding hydrogens is 398 g/mol. The normalized spacial score (nSPS) is 13.7. The number of hydrogen-bond donors (Lipinski definition) is 0. The summed E-state index contributed by atoms with van der Waals surface area (Å²) >= 11 is 4.63. The zero-order chi connectivity index (χ0) is 19.0. The van der Waals surface area contributed by atoms with Crippen LogP contribution in [0.1, 0.15) is 28.2 Å². The fraction of sp³-hybridized carbons (Fsp3) is 0.421. The topological polar surface area (TPSA) is 55.2 Å². The SMILES string of the molecule is CN(Cc1cccs1)C(=O)CSc1nc2sc3c(c2c(=O)n1C)CCCC3. The summed E-state index contributed by atoms with van der Waals surface area (Å²) in [5.74, 6) is 0.312. The third-order valence-corrected chi connectivity index (χ3v) is 7.94. The molecule has 142 valence electrons. The first-order chi connectivity index (χ1) is 13.0. The highest BCUT2D eigenvalue weighted by molar-refractivity contribution is 7.99. The van der Waals surface area contributed by atoms with Gasteiger partial charge in [-0.1, -0.05) is 17.8 Å². The van der Waals surface area contributed by atoms with Gasteiger partial charge < -0.3 is 4.90 Å². The van der Waals surface area contributed by atoms with Crippen molar-refractivity contribution in [2.45, 2.75) is 37.4 Å². The molecule has 0 aliphatic heterocycles. The molecule has 0 saturated carbocycles. The van der Waals surface area contributed by atoms with Crippen molar-refractivity contribution < 1.29 is 4.79 Å². The molecule has 8 heteroatoms. The second-order valence-corrected chi connectivity index (χ2v) is 9.83. The number of carbonyl (C=O) groups is 1. The summed E-state index contributed by atoms with van der Waals surface area (Å²) in [5, 5.41) is 3.42. The molecule has 0 aromatic carbocycles. The number of amides is 1. The Morgan fingerprint density at radius 2 is 2.19 bits per heavy atom. The van der Waals surface area contributed by atoms with Gasteiger partial charge in [0.2, 0.25) is 5.91 Å². The van der Waals surface area contributed by atoms with Crippen molar-refractivity contribution in [3.8, 4) is 0 Å². The Balaban J connectivity index is 1.53. The van der Waals surface area contributed by atoms with Crippen LogP contribution in [0, 0.1) is 0 Å². The average Bonchev–Trinajstić information content (AvgIpc) is 3.30. The van der Waals surface area contributed by atoms with Gasteiger partial charge in [-0.15, -0.1) is 22.7 Å². The maximum absolute atomic E-state index is 12.9. The van der Waals surface area contributed by atoms with Gasteiger partial charge in [-0.2, -0.15) is 0 Å². The molecule has 0 saturated heterocycles. The molecule has 4 rings (SSSR count). The second-order valence-electron chi connectivity index (χ2n) is 6.77. The molecule has 27 heavy (non-hydrogen) atoms. The highest BCUT2D eigenvalue weighted by atomic mass is 32.2. The predicted octanol–water partition coefficient (Wildman–Crippen LogP) is 3.69. The number of thiophene rings is 2. The lowest BCUT2D eigenvalue weighted by Crippen LogP contribution is -2.28. The minimum absolute atomic E-state index is 0.0151. The molecule has 0 unspecified atom stereocenters. The van der Waals surface area contributed by atoms with Crippen molar-refractivity contribution in [3.63, 3.8) is 0 Å². The van der Waals surface area contributed by atoms with Gasteiger partial charge in [-0.25, -0.2) is 4.98 Å². The van der Waals surface area contributed by atoms with E-state index in [1.165, 1.54) is 28.6 Å². The van der Waals surface area contributed by atoms with E-state index in [9.17, 15) is 9.59 Å². The highest BCUT2D eigenvalue weighted by Gasteiger charge is 2.21. The van der Waals surface area contributed by atoms with Gasteiger partial charge in [0.1, 0.15) is 4.83 Å². The van der Waals surface area contributed by atoms with Crippen molar-refractivity contribution >= 4 is 50.6 Å². The van der Waals surface area contributed by atoms with Crippen LogP contribution in [-0.4, -0.2) is 33.2 Å². The van der Waals surface area contributed by atoms with E-state index in [1.807, 2.05) is 24.6 Å². The van der Waals surface area contributed by atoms with Gasteiger partial charge in [0.05, 0.1) is 17.7 Å². The number of aryl methyl sites for hydroxylation is 2. The smallest absolute Gasteiger partial charge is 0.262 e. The Hall–Kier alpha value is -1.64. The molecular formula is C19H21N3O2S3. The minimum Gasteiger partial charge on any atom is -0.340 e. The molecule has 0 spiro atoms. The van der Waals surface area contributed by atoms with E-state index >= 15 is 0 Å². The molecule has 3 aromatic heterocycles. The van der Waals surface area contributed by atoms with Crippen LogP contribution in [0.25, 0.3) is 10.2 Å². The van der Waals surface area contributed by atoms with E-state index in [0.717, 1.165) is 34.4 Å². The zero-order valence-corrected chi connectivity index (χ0v) is 17.8. The molecule has 1 amide bonds. The Bertz CT molecular complexity index is 1040. The third kappa shape index (κ3) is 3.70. The molecule has 1 aliphatic rings. The first-order valence-corrected chi connectivity index (χ1v) is 11.6. The van der Waals surface area contributed by atoms with E-state index in [0.29, 0.717) is 11.7 Å². The second kappa shape index (κ2) is 7.77. The van der Waals surface area contributed by atoms with Crippen LogP contribution in [0.15, 0.2) is 27.5 Å². The summed E-state index contributed by atoms with van der Waals surface area (Å²) in [5.41, 5.74) is 1.22. The van der Waals surface area contributed by atoms with E-state index in [2.05, 4.69) is 0 Å². The number of hydrogen-bond acceptors (Lipinski definition) is 6. The summed E-state index contributed by atoms with van der Waals surface area (Å²) < 4.78 is 1.60. The zero-order valence-electron chi connectivity index (χ0n) is 15.4. The number of thioether (sulfide) groups is 1. The summed E-state index contributed by atoms with van der Waals surface area (Å²) in [6, 6.07) is 4.02. The van der Waals surface area contributed by atoms with Gasteiger partial charge in [-0.05, 0) is 42.7 Å². The first-order valence-electron chi connectivity index (χ1n) is 8.95. The Labute approximate surface area is 170 Å². The lowest BCUT2D eigenvalue weighted by molar-refractivity contribution is -0.127. The minimum atomic E-state index is 0.0151. The van der Waals surface area contributed by atoms with Crippen molar-refractivity contribution in [2.75, 3.05) is 12.8 Å². The van der Waals surface area contributed by atoms with Crippen LogP contribution in [-0.2, 0) is 31.2 Å². The number of aromatic nitrogens is 2. The Morgan fingerprint density at radius 1 is 1.37 bits per heavy atom. The largest absolute Gasteiger partial charge is 0.340 e. The van der Waals surface area contributed by atoms with Gasteiger partial charge >= 0.3 is 0 Å². The summed E-state index contributed by atoms with van der Waals surface area (Å²) in [6.45, 7) is 0.611. The van der Waals surface area contributed by atoms with E-state index in [-0.39, 0.29) is 17.2 Å². The van der Waals surface area contributed by atoms with Crippen LogP contribution in [0.5, 0.6) is 0 Å². The van der Waals surface area contributed by atoms with E-state index < -0.39 is 0 Å². The Kier molecular flexibility index (Phi) is 5.39. The van der Waals surface area contributed by atoms with Crippen LogP contribution in [0.2, 0.25) is 0 Å². The molecule has 3 heterocycles. The summed E-state index contributed by atoms with van der Waals surface area (Å²) in [4.78, 5) is 35.1. The van der Waals surface area contributed by atoms with E-state index in [4.69, 9.17) is 4.98 Å². The monoisotopic (exact) mass is 419 g/mol. The summed E-state index contributed by atoms with van der Waals surface area (Å²) in [7, 11) is 3.56. The van der Waals surface area contributed by atoms with Crippen LogP contribution in [0.4, 0.5) is 0 Å². The Morgan fingerprint density at radius 3 is 2.96 bits per heavy atom. The van der Waals surface area contributed by atoms with Gasteiger partial charge in [0, 0.05) is 23.8 Å². The van der Waals surface area contributed by atoms with Crippen LogP contribution < -0.4 is 5.56 Å². The van der Waals surface area contributed by atoms with Crippen molar-refractivity contribution in [2.24, 2.45) is 7.05 Å². The lowest BCUT2D eigenvalue weighted by Gasteiger charge is -2.16. The van der Waals surface area contributed by atoms with Crippen molar-refractivity contribution in [1.29, 1.82) is 0 Å². The number of nitrogens with zero attached hydrogens (tertiary/aromatic N) is 3. The third-order valence-electron chi connectivity index (χ3n) is 4.88. The molecule has 0 atom stereocenters. The first kappa shape index (κ1) is 18.7. The lowest BCUT2D eigenvalue weighted by atomic mass is 9.97. The van der Waals surface area contributed by atoms with Crippen molar-refractivity contribution in [1.82, 2.24) is 14.5 Å². The molecule has 0 N–H and O–H groups in total. The number of fused-ring (bicyclic) bond motifs is 3. The molecule has 0 fully saturated rings. The molecule has 3 aromatic rings. The molecule has 5 nitrogen and oxygen atoms in total. The maximum Gasteiger partial charge on any atom is 0.262 e. The maximum atomic E-state index is 12.9. The summed E-state index contributed by atoms with van der Waals surface area (Å²) in [6.07, 6.45) is 4.36. The highest BCUT2D eigenvalue weighted by Crippen LogP contribution is 2.34. The molecule has 1 aliphatic carbocycles. The fourth-order valence-electron chi connectivity index (χ4n) is 3.36. The average molecular weight is 420 g/mol. The molecule has 0 bridgehead atoms. The predicted molar refractivity (Wildman–Crippen MR) is 113 cm³/mol. The van der Waals surface area contributed by atoms with E-state index in [1.54, 1.807) is 39.2 Å². The van der Waals surface area contributed by atoms with Crippen LogP contribution >= 0.6 is 34.4 Å². The van der Waals surface area contributed by atoms with Gasteiger partial charge in [0.25, 0.3) is 5.56 Å². The standard InChI is InChI=1S/C19H21N3O2S3/c1-21(10-12-6-5-9-25-12)15(23)11-26-19-20-17-16(18(24)22(19)2)13-7-3-4-8-14(13)27-17/h5-6,9H,3-4,7-8,10-11H2,1-2H3. The number of rotatable bonds is 5. The number of carbonyl (C=O) groups excluding carboxylic acids is 1. The fourth-order valence-corrected chi connectivity index (χ4v) is 6.33. The molecule has 0 radical (unpaired) electrons. The quantitative estimate of drug-likeness (QED) is 0.468. The van der Waals surface area contributed by atoms with Crippen LogP contribution in [0.3, 0.4) is 0 Å². The van der Waals surface area contributed by atoms with Gasteiger partial charge in [0.15, 0.2) is 5.16 Å². The van der Waals surface area contributed by atoms with Crippen molar-refractivity contribution in [3.05, 3.63) is 43.2 Å².